The molecular weight excluding hydrogens is 485 g/mol. The largest absolute Gasteiger partial charge is 0.411 e. The first kappa shape index (κ1) is 24.5. The number of fused-ring (bicyclic) bond motifs is 1. The van der Waals surface area contributed by atoms with Crippen molar-refractivity contribution in [2.75, 3.05) is 0 Å². The van der Waals surface area contributed by atoms with Gasteiger partial charge in [-0.15, -0.1) is 0 Å². The molecule has 1 amide bonds. The van der Waals surface area contributed by atoms with Gasteiger partial charge in [-0.3, -0.25) is 10.4 Å². The molecule has 0 saturated heterocycles. The summed E-state index contributed by atoms with van der Waals surface area (Å²) >= 11 is 6.24. The Hall–Kier alpha value is -3.14. The fraction of sp³-hybridized carbons (Fsp3) is 0.520. The lowest BCUT2D eigenvalue weighted by atomic mass is 9.83. The van der Waals surface area contributed by atoms with Crippen LogP contribution < -0.4 is 5.73 Å². The lowest BCUT2D eigenvalue weighted by Gasteiger charge is -2.29. The molecule has 2 aliphatic carbocycles. The van der Waals surface area contributed by atoms with E-state index in [-0.39, 0.29) is 11.5 Å². The first-order valence-corrected chi connectivity index (χ1v) is 12.8. The van der Waals surface area contributed by atoms with E-state index in [0.717, 1.165) is 38.5 Å². The van der Waals surface area contributed by atoms with E-state index in [4.69, 9.17) is 32.5 Å². The second-order valence-corrected chi connectivity index (χ2v) is 10.5. The van der Waals surface area contributed by atoms with E-state index in [1.807, 2.05) is 4.57 Å². The molecular formula is C25H29ClFN7O2. The quantitative estimate of drug-likeness (QED) is 0.340. The summed E-state index contributed by atoms with van der Waals surface area (Å²) in [4.78, 5) is 29.1. The van der Waals surface area contributed by atoms with Crippen LogP contribution >= 0.6 is 11.6 Å². The summed E-state index contributed by atoms with van der Waals surface area (Å²) in [6.07, 6.45) is 8.72. The van der Waals surface area contributed by atoms with Gasteiger partial charge in [0.25, 0.3) is 5.90 Å². The number of aromatic nitrogens is 5. The van der Waals surface area contributed by atoms with E-state index >= 15 is 4.39 Å². The van der Waals surface area contributed by atoms with Crippen molar-refractivity contribution in [3.63, 3.8) is 0 Å². The molecule has 0 atom stereocenters. The SMILES string of the molecule is CC1CCC(Cn2c(C3(F)CCCC3)nc3nc(C(=N)OC(N)=O)nc(-c4cncc(Cl)c4)c32)CC1. The number of alkyl halides is 1. The zero-order valence-electron chi connectivity index (χ0n) is 20.1. The molecule has 0 aliphatic heterocycles. The molecule has 11 heteroatoms. The monoisotopic (exact) mass is 513 g/mol. The summed E-state index contributed by atoms with van der Waals surface area (Å²) in [7, 11) is 0. The maximum absolute atomic E-state index is 16.3. The Bertz CT molecular complexity index is 1310. The third kappa shape index (κ3) is 4.78. The second-order valence-electron chi connectivity index (χ2n) is 10.1. The summed E-state index contributed by atoms with van der Waals surface area (Å²) in [5.41, 5.74) is 5.29. The smallest absolute Gasteiger partial charge is 0.388 e. The highest BCUT2D eigenvalue weighted by molar-refractivity contribution is 6.30. The number of carbonyl (C=O) groups is 1. The van der Waals surface area contributed by atoms with Crippen LogP contribution in [-0.4, -0.2) is 36.5 Å². The Labute approximate surface area is 213 Å². The molecule has 9 nitrogen and oxygen atoms in total. The zero-order valence-corrected chi connectivity index (χ0v) is 20.9. The van der Waals surface area contributed by atoms with Gasteiger partial charge in [-0.1, -0.05) is 31.4 Å². The van der Waals surface area contributed by atoms with Gasteiger partial charge in [-0.05, 0) is 56.4 Å². The zero-order chi connectivity index (χ0) is 25.4. The first-order valence-electron chi connectivity index (χ1n) is 12.4. The summed E-state index contributed by atoms with van der Waals surface area (Å²) in [5, 5.41) is 8.53. The molecule has 2 aliphatic rings. The number of nitrogens with one attached hydrogen (secondary N) is 1. The number of hydrogen-bond donors (Lipinski definition) is 2. The molecule has 0 radical (unpaired) electrons. The van der Waals surface area contributed by atoms with Crippen molar-refractivity contribution in [1.29, 1.82) is 5.41 Å². The van der Waals surface area contributed by atoms with Gasteiger partial charge in [0.1, 0.15) is 17.0 Å². The predicted octanol–water partition coefficient (Wildman–Crippen LogP) is 5.53. The lowest BCUT2D eigenvalue weighted by molar-refractivity contribution is 0.151. The van der Waals surface area contributed by atoms with Gasteiger partial charge in [0.05, 0.1) is 5.02 Å². The second kappa shape index (κ2) is 9.72. The molecule has 5 rings (SSSR count). The van der Waals surface area contributed by atoms with Gasteiger partial charge in [0.2, 0.25) is 5.82 Å². The van der Waals surface area contributed by atoms with Crippen molar-refractivity contribution in [2.45, 2.75) is 70.5 Å². The Balaban J connectivity index is 1.73. The van der Waals surface area contributed by atoms with Crippen LogP contribution in [0.25, 0.3) is 22.4 Å². The maximum atomic E-state index is 16.3. The van der Waals surface area contributed by atoms with Crippen molar-refractivity contribution in [1.82, 2.24) is 24.5 Å². The standard InChI is InChI=1S/C25H29ClFN7O2/c1-14-4-6-15(7-5-14)13-34-19-18(16-10-17(26)12-30-11-16)31-22(20(28)36-24(29)35)32-21(19)33-23(34)25(27)8-2-3-9-25/h10-12,14-15,28H,2-9,13H2,1H3,(H2,29,35). The van der Waals surface area contributed by atoms with Gasteiger partial charge in [-0.25, -0.2) is 24.1 Å². The van der Waals surface area contributed by atoms with Crippen LogP contribution in [0.1, 0.15) is 69.9 Å². The number of hydrogen-bond acceptors (Lipinski definition) is 7. The number of ether oxygens (including phenoxy) is 1. The van der Waals surface area contributed by atoms with Crippen molar-refractivity contribution >= 4 is 34.8 Å². The molecule has 0 aromatic carbocycles. The Morgan fingerprint density at radius 1 is 1.22 bits per heavy atom. The summed E-state index contributed by atoms with van der Waals surface area (Å²) in [6, 6.07) is 1.69. The number of amides is 1. The number of halogens is 2. The van der Waals surface area contributed by atoms with Gasteiger partial charge in [0, 0.05) is 24.5 Å². The van der Waals surface area contributed by atoms with Crippen LogP contribution in [0.5, 0.6) is 0 Å². The van der Waals surface area contributed by atoms with E-state index in [0.29, 0.717) is 58.8 Å². The molecule has 0 unspecified atom stereocenters. The van der Waals surface area contributed by atoms with E-state index in [2.05, 4.69) is 21.9 Å². The summed E-state index contributed by atoms with van der Waals surface area (Å²) in [6.45, 7) is 2.87. The lowest BCUT2D eigenvalue weighted by Crippen LogP contribution is -2.25. The molecule has 3 heterocycles. The topological polar surface area (TPSA) is 133 Å². The van der Waals surface area contributed by atoms with Gasteiger partial charge < -0.3 is 15.0 Å². The molecule has 3 aromatic heterocycles. The van der Waals surface area contributed by atoms with Crippen LogP contribution in [0.4, 0.5) is 9.18 Å². The maximum Gasteiger partial charge on any atom is 0.411 e. The van der Waals surface area contributed by atoms with Crippen molar-refractivity contribution < 1.29 is 13.9 Å². The van der Waals surface area contributed by atoms with Crippen LogP contribution in [0, 0.1) is 17.2 Å². The number of nitrogens with zero attached hydrogens (tertiary/aromatic N) is 5. The van der Waals surface area contributed by atoms with Crippen molar-refractivity contribution in [2.24, 2.45) is 17.6 Å². The molecule has 3 N–H and O–H groups in total. The van der Waals surface area contributed by atoms with Gasteiger partial charge in [-0.2, -0.15) is 0 Å². The van der Waals surface area contributed by atoms with Crippen LogP contribution in [0.3, 0.4) is 0 Å². The van der Waals surface area contributed by atoms with Crippen LogP contribution in [-0.2, 0) is 17.0 Å². The third-order valence-corrected chi connectivity index (χ3v) is 7.57. The number of nitrogens with two attached hydrogens (primary N) is 1. The average molecular weight is 514 g/mol. The third-order valence-electron chi connectivity index (χ3n) is 7.36. The highest BCUT2D eigenvalue weighted by atomic mass is 35.5. The Kier molecular flexibility index (Phi) is 6.63. The summed E-state index contributed by atoms with van der Waals surface area (Å²) in [5.74, 6) is 0.618. The molecule has 2 fully saturated rings. The Morgan fingerprint density at radius 3 is 2.61 bits per heavy atom. The predicted molar refractivity (Wildman–Crippen MR) is 133 cm³/mol. The van der Waals surface area contributed by atoms with Crippen molar-refractivity contribution in [3.05, 3.63) is 35.1 Å². The normalized spacial score (nSPS) is 21.5. The fourth-order valence-corrected chi connectivity index (χ4v) is 5.65. The Morgan fingerprint density at radius 2 is 1.94 bits per heavy atom. The first-order chi connectivity index (χ1) is 17.2. The van der Waals surface area contributed by atoms with E-state index in [9.17, 15) is 4.79 Å². The number of rotatable bonds is 5. The molecule has 36 heavy (non-hydrogen) atoms. The number of pyridine rings is 1. The highest BCUT2D eigenvalue weighted by Crippen LogP contribution is 2.44. The van der Waals surface area contributed by atoms with E-state index in [1.165, 1.54) is 6.20 Å². The molecule has 0 bridgehead atoms. The minimum atomic E-state index is -1.57. The number of primary amides is 1. The minimum absolute atomic E-state index is 0.182. The van der Waals surface area contributed by atoms with E-state index in [1.54, 1.807) is 12.3 Å². The van der Waals surface area contributed by atoms with E-state index < -0.39 is 17.7 Å². The van der Waals surface area contributed by atoms with Gasteiger partial charge >= 0.3 is 6.09 Å². The van der Waals surface area contributed by atoms with Crippen LogP contribution in [0.2, 0.25) is 5.02 Å². The molecule has 3 aromatic rings. The van der Waals surface area contributed by atoms with Crippen molar-refractivity contribution in [3.8, 4) is 11.3 Å². The minimum Gasteiger partial charge on any atom is -0.388 e. The fourth-order valence-electron chi connectivity index (χ4n) is 5.48. The number of carbonyl (C=O) groups excluding carboxylic acids is 1. The van der Waals surface area contributed by atoms with Crippen LogP contribution in [0.15, 0.2) is 18.5 Å². The molecule has 190 valence electrons. The summed E-state index contributed by atoms with van der Waals surface area (Å²) < 4.78 is 23.0. The number of imidazole rings is 1. The highest BCUT2D eigenvalue weighted by Gasteiger charge is 2.41. The molecule has 2 saturated carbocycles. The van der Waals surface area contributed by atoms with Gasteiger partial charge in [0.15, 0.2) is 11.3 Å². The average Bonchev–Trinajstić information content (AvgIpc) is 3.44. The molecule has 0 spiro atoms.